The highest BCUT2D eigenvalue weighted by Gasteiger charge is 2.17. The lowest BCUT2D eigenvalue weighted by molar-refractivity contribution is -0.132. The molecule has 31 heavy (non-hydrogen) atoms. The van der Waals surface area contributed by atoms with Crippen LogP contribution in [0.15, 0.2) is 54.6 Å². The van der Waals surface area contributed by atoms with E-state index in [1.165, 1.54) is 0 Å². The molecule has 0 aliphatic heterocycles. The smallest absolute Gasteiger partial charge is 0.242 e. The Morgan fingerprint density at radius 1 is 0.968 bits per heavy atom. The van der Waals surface area contributed by atoms with Gasteiger partial charge in [0, 0.05) is 26.1 Å². The van der Waals surface area contributed by atoms with Crippen LogP contribution < -0.4 is 5.32 Å². The summed E-state index contributed by atoms with van der Waals surface area (Å²) in [6.07, 6.45) is 2.82. The number of hydrogen-bond acceptors (Lipinski definition) is 3. The van der Waals surface area contributed by atoms with E-state index >= 15 is 0 Å². The topological polar surface area (TPSA) is 67.2 Å². The Bertz CT molecular complexity index is 991. The van der Waals surface area contributed by atoms with Gasteiger partial charge in [0.15, 0.2) is 0 Å². The second-order valence-corrected chi connectivity index (χ2v) is 7.75. The van der Waals surface area contributed by atoms with Crippen molar-refractivity contribution in [1.29, 1.82) is 0 Å². The Morgan fingerprint density at radius 2 is 1.65 bits per heavy atom. The van der Waals surface area contributed by atoms with Crippen LogP contribution in [-0.2, 0) is 29.0 Å². The van der Waals surface area contributed by atoms with Crippen LogP contribution in [0.4, 0.5) is 0 Å². The minimum Gasteiger partial charge on any atom is -0.355 e. The van der Waals surface area contributed by atoms with Crippen molar-refractivity contribution in [2.75, 3.05) is 19.6 Å². The van der Waals surface area contributed by atoms with Crippen LogP contribution in [0.3, 0.4) is 0 Å². The average molecular weight is 421 g/mol. The maximum atomic E-state index is 13.0. The fourth-order valence-electron chi connectivity index (χ4n) is 3.79. The van der Waals surface area contributed by atoms with Crippen molar-refractivity contribution < 1.29 is 9.59 Å². The van der Waals surface area contributed by atoms with Crippen LogP contribution in [0.5, 0.6) is 0 Å². The van der Waals surface area contributed by atoms with E-state index in [0.717, 1.165) is 48.4 Å². The number of aromatic nitrogens is 2. The number of carbonyl (C=O) groups excluding carboxylic acids is 2. The molecule has 0 fully saturated rings. The largest absolute Gasteiger partial charge is 0.355 e. The summed E-state index contributed by atoms with van der Waals surface area (Å²) in [5.41, 5.74) is 2.82. The van der Waals surface area contributed by atoms with E-state index in [4.69, 9.17) is 4.98 Å². The summed E-state index contributed by atoms with van der Waals surface area (Å²) < 4.78 is 2.00. The van der Waals surface area contributed by atoms with Crippen LogP contribution in [0.1, 0.15) is 38.1 Å². The highest BCUT2D eigenvalue weighted by Crippen LogP contribution is 2.17. The van der Waals surface area contributed by atoms with Gasteiger partial charge in [-0.2, -0.15) is 0 Å². The predicted octanol–water partition coefficient (Wildman–Crippen LogP) is 3.59. The van der Waals surface area contributed by atoms with Crippen molar-refractivity contribution in [2.24, 2.45) is 0 Å². The Labute approximate surface area is 184 Å². The Balaban J connectivity index is 1.68. The van der Waals surface area contributed by atoms with Crippen LogP contribution >= 0.6 is 0 Å². The molecule has 2 aromatic carbocycles. The number of benzene rings is 2. The number of fused-ring (bicyclic) bond motifs is 1. The molecular weight excluding hydrogens is 388 g/mol. The second-order valence-electron chi connectivity index (χ2n) is 7.75. The van der Waals surface area contributed by atoms with E-state index in [1.807, 2.05) is 64.1 Å². The van der Waals surface area contributed by atoms with Gasteiger partial charge < -0.3 is 14.8 Å². The van der Waals surface area contributed by atoms with Crippen molar-refractivity contribution in [3.63, 3.8) is 0 Å². The molecule has 0 aliphatic rings. The minimum atomic E-state index is -0.0120. The molecule has 2 amide bonds. The number of para-hydroxylation sites is 2. The zero-order valence-corrected chi connectivity index (χ0v) is 18.5. The summed E-state index contributed by atoms with van der Waals surface area (Å²) in [7, 11) is 0. The molecule has 0 spiro atoms. The van der Waals surface area contributed by atoms with Gasteiger partial charge in [-0.15, -0.1) is 0 Å². The first-order valence-electron chi connectivity index (χ1n) is 11.1. The summed E-state index contributed by atoms with van der Waals surface area (Å²) >= 11 is 0. The highest BCUT2D eigenvalue weighted by atomic mass is 16.2. The first-order valence-corrected chi connectivity index (χ1v) is 11.1. The average Bonchev–Trinajstić information content (AvgIpc) is 3.11. The minimum absolute atomic E-state index is 0.0120. The van der Waals surface area contributed by atoms with Crippen molar-refractivity contribution in [3.8, 4) is 0 Å². The maximum Gasteiger partial charge on any atom is 0.242 e. The molecule has 0 atom stereocenters. The lowest BCUT2D eigenvalue weighted by Gasteiger charge is -2.22. The summed E-state index contributed by atoms with van der Waals surface area (Å²) in [5.74, 6) is 0.922. The molecule has 0 saturated heterocycles. The maximum absolute atomic E-state index is 13.0. The number of hydrogen-bond donors (Lipinski definition) is 1. The number of carbonyl (C=O) groups is 2. The molecule has 3 rings (SSSR count). The third kappa shape index (κ3) is 6.17. The van der Waals surface area contributed by atoms with Gasteiger partial charge in [-0.25, -0.2) is 4.98 Å². The van der Waals surface area contributed by atoms with E-state index in [2.05, 4.69) is 19.2 Å². The second kappa shape index (κ2) is 11.3. The Morgan fingerprint density at radius 3 is 2.35 bits per heavy atom. The SMILES string of the molecule is CCCN(CCC)C(=O)Cn1c(CCNC(=O)Cc2ccccc2)nc2ccccc21. The molecule has 1 N–H and O–H groups in total. The quantitative estimate of drug-likeness (QED) is 0.516. The van der Waals surface area contributed by atoms with E-state index in [1.54, 1.807) is 0 Å². The zero-order chi connectivity index (χ0) is 22.1. The molecule has 0 unspecified atom stereocenters. The summed E-state index contributed by atoms with van der Waals surface area (Å²) in [5, 5.41) is 2.98. The third-order valence-electron chi connectivity index (χ3n) is 5.25. The number of imidazole rings is 1. The van der Waals surface area contributed by atoms with Gasteiger partial charge >= 0.3 is 0 Å². The van der Waals surface area contributed by atoms with Gasteiger partial charge in [-0.05, 0) is 30.5 Å². The van der Waals surface area contributed by atoms with Gasteiger partial charge in [-0.3, -0.25) is 9.59 Å². The van der Waals surface area contributed by atoms with Crippen LogP contribution in [-0.4, -0.2) is 45.9 Å². The molecule has 1 heterocycles. The van der Waals surface area contributed by atoms with Crippen molar-refractivity contribution >= 4 is 22.8 Å². The summed E-state index contributed by atoms with van der Waals surface area (Å²) in [4.78, 5) is 31.9. The molecule has 0 bridgehead atoms. The fraction of sp³-hybridized carbons (Fsp3) is 0.400. The third-order valence-corrected chi connectivity index (χ3v) is 5.25. The van der Waals surface area contributed by atoms with E-state index < -0.39 is 0 Å². The van der Waals surface area contributed by atoms with E-state index in [0.29, 0.717) is 19.4 Å². The predicted molar refractivity (Wildman–Crippen MR) is 124 cm³/mol. The number of nitrogens with zero attached hydrogens (tertiary/aromatic N) is 3. The molecule has 0 radical (unpaired) electrons. The molecular formula is C25H32N4O2. The van der Waals surface area contributed by atoms with E-state index in [-0.39, 0.29) is 18.4 Å². The molecule has 6 nitrogen and oxygen atoms in total. The van der Waals surface area contributed by atoms with Gasteiger partial charge in [-0.1, -0.05) is 56.3 Å². The first kappa shape index (κ1) is 22.5. The van der Waals surface area contributed by atoms with E-state index in [9.17, 15) is 9.59 Å². The monoisotopic (exact) mass is 420 g/mol. The molecule has 6 heteroatoms. The highest BCUT2D eigenvalue weighted by molar-refractivity contribution is 5.81. The molecule has 0 aliphatic carbocycles. The zero-order valence-electron chi connectivity index (χ0n) is 18.5. The molecule has 164 valence electrons. The van der Waals surface area contributed by atoms with Gasteiger partial charge in [0.2, 0.25) is 11.8 Å². The van der Waals surface area contributed by atoms with Crippen LogP contribution in [0.2, 0.25) is 0 Å². The first-order chi connectivity index (χ1) is 15.1. The van der Waals surface area contributed by atoms with Crippen molar-refractivity contribution in [2.45, 2.75) is 46.1 Å². The normalized spacial score (nSPS) is 10.9. The standard InChI is InChI=1S/C25H32N4O2/c1-3-16-28(17-4-2)25(31)19-29-22-13-9-8-12-21(22)27-23(29)14-15-26-24(30)18-20-10-6-5-7-11-20/h5-13H,3-4,14-19H2,1-2H3,(H,26,30). The number of amides is 2. The van der Waals surface area contributed by atoms with Crippen molar-refractivity contribution in [1.82, 2.24) is 19.8 Å². The van der Waals surface area contributed by atoms with Crippen LogP contribution in [0, 0.1) is 0 Å². The lowest BCUT2D eigenvalue weighted by atomic mass is 10.1. The van der Waals surface area contributed by atoms with Crippen LogP contribution in [0.25, 0.3) is 11.0 Å². The molecule has 3 aromatic rings. The fourth-order valence-corrected chi connectivity index (χ4v) is 3.79. The Hall–Kier alpha value is -3.15. The van der Waals surface area contributed by atoms with Gasteiger partial charge in [0.05, 0.1) is 17.5 Å². The summed E-state index contributed by atoms with van der Waals surface area (Å²) in [6.45, 7) is 6.47. The van der Waals surface area contributed by atoms with Gasteiger partial charge in [0.1, 0.15) is 12.4 Å². The number of nitrogens with one attached hydrogen (secondary N) is 1. The Kier molecular flexibility index (Phi) is 8.21. The summed E-state index contributed by atoms with van der Waals surface area (Å²) in [6, 6.07) is 17.6. The lowest BCUT2D eigenvalue weighted by Crippen LogP contribution is -2.35. The molecule has 0 saturated carbocycles. The number of rotatable bonds is 11. The molecule has 1 aromatic heterocycles. The van der Waals surface area contributed by atoms with Gasteiger partial charge in [0.25, 0.3) is 0 Å². The van der Waals surface area contributed by atoms with Crippen molar-refractivity contribution in [3.05, 3.63) is 66.0 Å².